The van der Waals surface area contributed by atoms with Gasteiger partial charge in [0, 0.05) is 22.0 Å². The molecule has 0 saturated carbocycles. The first-order chi connectivity index (χ1) is 9.66. The molecule has 1 atom stereocenters. The van der Waals surface area contributed by atoms with Crippen LogP contribution < -0.4 is 5.73 Å². The predicted molar refractivity (Wildman–Crippen MR) is 84.8 cm³/mol. The molecule has 3 aromatic rings. The lowest BCUT2D eigenvalue weighted by molar-refractivity contribution is 0.789. The van der Waals surface area contributed by atoms with E-state index in [0.29, 0.717) is 5.02 Å². The maximum Gasteiger partial charge on any atom is 0.0721 e. The molecule has 2 nitrogen and oxygen atoms in total. The van der Waals surface area contributed by atoms with Gasteiger partial charge in [-0.05, 0) is 30.7 Å². The Morgan fingerprint density at radius 2 is 1.80 bits per heavy atom. The smallest absolute Gasteiger partial charge is 0.0721 e. The number of pyridine rings is 1. The van der Waals surface area contributed by atoms with E-state index in [4.69, 9.17) is 22.3 Å². The second kappa shape index (κ2) is 5.23. The van der Waals surface area contributed by atoms with E-state index in [1.54, 1.807) is 0 Å². The Labute approximate surface area is 123 Å². The third-order valence-electron chi connectivity index (χ3n) is 3.35. The fourth-order valence-electron chi connectivity index (χ4n) is 2.37. The zero-order valence-electron chi connectivity index (χ0n) is 11.2. The summed E-state index contributed by atoms with van der Waals surface area (Å²) in [7, 11) is 0. The van der Waals surface area contributed by atoms with Gasteiger partial charge in [-0.3, -0.25) is 4.98 Å². The molecule has 0 saturated heterocycles. The van der Waals surface area contributed by atoms with Crippen molar-refractivity contribution in [2.45, 2.75) is 13.0 Å². The minimum absolute atomic E-state index is 0.131. The Morgan fingerprint density at radius 3 is 2.50 bits per heavy atom. The van der Waals surface area contributed by atoms with Gasteiger partial charge in [0.15, 0.2) is 0 Å². The zero-order valence-corrected chi connectivity index (χ0v) is 11.9. The highest BCUT2D eigenvalue weighted by atomic mass is 35.5. The normalized spacial score (nSPS) is 12.6. The SMILES string of the molecule is CC(N)c1nc2cccc(Cl)c2cc1-c1ccccc1. The van der Waals surface area contributed by atoms with Crippen molar-refractivity contribution < 1.29 is 0 Å². The van der Waals surface area contributed by atoms with E-state index < -0.39 is 0 Å². The van der Waals surface area contributed by atoms with Crippen LogP contribution in [0.2, 0.25) is 5.02 Å². The van der Waals surface area contributed by atoms with Crippen molar-refractivity contribution >= 4 is 22.5 Å². The molecule has 0 aliphatic rings. The van der Waals surface area contributed by atoms with E-state index in [2.05, 4.69) is 18.2 Å². The van der Waals surface area contributed by atoms with E-state index in [9.17, 15) is 0 Å². The van der Waals surface area contributed by atoms with Gasteiger partial charge in [0.25, 0.3) is 0 Å². The molecule has 1 aromatic heterocycles. The summed E-state index contributed by atoms with van der Waals surface area (Å²) >= 11 is 6.28. The van der Waals surface area contributed by atoms with Crippen molar-refractivity contribution in [3.8, 4) is 11.1 Å². The first-order valence-corrected chi connectivity index (χ1v) is 6.95. The lowest BCUT2D eigenvalue weighted by atomic mass is 9.98. The van der Waals surface area contributed by atoms with Crippen LogP contribution >= 0.6 is 11.6 Å². The highest BCUT2D eigenvalue weighted by Crippen LogP contribution is 2.32. The van der Waals surface area contributed by atoms with Crippen LogP contribution in [-0.2, 0) is 0 Å². The summed E-state index contributed by atoms with van der Waals surface area (Å²) in [4.78, 5) is 4.70. The van der Waals surface area contributed by atoms with Crippen molar-refractivity contribution in [2.75, 3.05) is 0 Å². The van der Waals surface area contributed by atoms with E-state index >= 15 is 0 Å². The molecule has 0 fully saturated rings. The van der Waals surface area contributed by atoms with Crippen LogP contribution in [0.4, 0.5) is 0 Å². The second-order valence-corrected chi connectivity index (χ2v) is 5.29. The van der Waals surface area contributed by atoms with Crippen molar-refractivity contribution in [3.63, 3.8) is 0 Å². The molecule has 0 amide bonds. The number of aromatic nitrogens is 1. The van der Waals surface area contributed by atoms with E-state index in [1.165, 1.54) is 0 Å². The molecule has 0 aliphatic heterocycles. The highest BCUT2D eigenvalue weighted by molar-refractivity contribution is 6.35. The lowest BCUT2D eigenvalue weighted by Crippen LogP contribution is -2.09. The van der Waals surface area contributed by atoms with Crippen LogP contribution in [0.5, 0.6) is 0 Å². The van der Waals surface area contributed by atoms with Crippen molar-refractivity contribution in [1.82, 2.24) is 4.98 Å². The van der Waals surface area contributed by atoms with Gasteiger partial charge in [0.05, 0.1) is 11.2 Å². The minimum atomic E-state index is -0.131. The standard InChI is InChI=1S/C17H15ClN2/c1-11(19)17-13(12-6-3-2-4-7-12)10-14-15(18)8-5-9-16(14)20-17/h2-11H,19H2,1H3. The molecule has 1 unspecified atom stereocenters. The van der Waals surface area contributed by atoms with E-state index in [-0.39, 0.29) is 6.04 Å². The summed E-state index contributed by atoms with van der Waals surface area (Å²) < 4.78 is 0. The lowest BCUT2D eigenvalue weighted by Gasteiger charge is -2.14. The van der Waals surface area contributed by atoms with Crippen molar-refractivity contribution in [1.29, 1.82) is 0 Å². The van der Waals surface area contributed by atoms with Gasteiger partial charge in [-0.25, -0.2) is 0 Å². The molecule has 2 N–H and O–H groups in total. The maximum atomic E-state index is 6.28. The molecule has 1 heterocycles. The van der Waals surface area contributed by atoms with Gasteiger partial charge in [0.1, 0.15) is 0 Å². The number of nitrogens with zero attached hydrogens (tertiary/aromatic N) is 1. The maximum absolute atomic E-state index is 6.28. The van der Waals surface area contributed by atoms with Crippen molar-refractivity contribution in [2.24, 2.45) is 5.73 Å². The first-order valence-electron chi connectivity index (χ1n) is 6.57. The minimum Gasteiger partial charge on any atom is -0.323 e. The molecule has 0 radical (unpaired) electrons. The van der Waals surface area contributed by atoms with Crippen LogP contribution in [0, 0.1) is 0 Å². The van der Waals surface area contributed by atoms with E-state index in [1.807, 2.05) is 43.3 Å². The van der Waals surface area contributed by atoms with Crippen LogP contribution in [0.1, 0.15) is 18.7 Å². The molecule has 100 valence electrons. The fraction of sp³-hybridized carbons (Fsp3) is 0.118. The van der Waals surface area contributed by atoms with Gasteiger partial charge in [0.2, 0.25) is 0 Å². The van der Waals surface area contributed by atoms with Gasteiger partial charge in [-0.2, -0.15) is 0 Å². The van der Waals surface area contributed by atoms with Crippen LogP contribution in [0.15, 0.2) is 54.6 Å². The van der Waals surface area contributed by atoms with Crippen LogP contribution in [0.3, 0.4) is 0 Å². The third kappa shape index (κ3) is 2.28. The summed E-state index contributed by atoms with van der Waals surface area (Å²) in [6, 6.07) is 17.8. The molecule has 3 heteroatoms. The topological polar surface area (TPSA) is 38.9 Å². The largest absolute Gasteiger partial charge is 0.323 e. The molecule has 0 bridgehead atoms. The fourth-order valence-corrected chi connectivity index (χ4v) is 2.59. The average Bonchev–Trinajstić information content (AvgIpc) is 2.47. The second-order valence-electron chi connectivity index (χ2n) is 4.88. The Kier molecular flexibility index (Phi) is 3.43. The number of rotatable bonds is 2. The number of halogens is 1. The molecule has 0 spiro atoms. The molecular formula is C17H15ClN2. The Morgan fingerprint density at radius 1 is 1.05 bits per heavy atom. The quantitative estimate of drug-likeness (QED) is 0.747. The molecule has 3 rings (SSSR count). The van der Waals surface area contributed by atoms with E-state index in [0.717, 1.165) is 27.7 Å². The average molecular weight is 283 g/mol. The Bertz CT molecular complexity index is 752. The first kappa shape index (κ1) is 13.1. The van der Waals surface area contributed by atoms with Gasteiger partial charge >= 0.3 is 0 Å². The zero-order chi connectivity index (χ0) is 14.1. The van der Waals surface area contributed by atoms with Gasteiger partial charge in [-0.15, -0.1) is 0 Å². The highest BCUT2D eigenvalue weighted by Gasteiger charge is 2.13. The number of benzene rings is 2. The van der Waals surface area contributed by atoms with Crippen LogP contribution in [-0.4, -0.2) is 4.98 Å². The summed E-state index contributed by atoms with van der Waals surface area (Å²) in [5.74, 6) is 0. The predicted octanol–water partition coefficient (Wildman–Crippen LogP) is 4.57. The van der Waals surface area contributed by atoms with Gasteiger partial charge in [-0.1, -0.05) is 48.0 Å². The summed E-state index contributed by atoms with van der Waals surface area (Å²) in [5, 5.41) is 1.67. The number of hydrogen-bond donors (Lipinski definition) is 1. The molecule has 2 aromatic carbocycles. The summed E-state index contributed by atoms with van der Waals surface area (Å²) in [6.07, 6.45) is 0. The molecular weight excluding hydrogens is 268 g/mol. The Hall–Kier alpha value is -1.90. The molecule has 0 aliphatic carbocycles. The summed E-state index contributed by atoms with van der Waals surface area (Å²) in [6.45, 7) is 1.95. The summed E-state index contributed by atoms with van der Waals surface area (Å²) in [5.41, 5.74) is 10.0. The number of nitrogens with two attached hydrogens (primary N) is 1. The van der Waals surface area contributed by atoms with Crippen molar-refractivity contribution in [3.05, 3.63) is 65.3 Å². The number of fused-ring (bicyclic) bond motifs is 1. The van der Waals surface area contributed by atoms with Crippen LogP contribution in [0.25, 0.3) is 22.0 Å². The van der Waals surface area contributed by atoms with Gasteiger partial charge < -0.3 is 5.73 Å². The number of hydrogen-bond acceptors (Lipinski definition) is 2. The third-order valence-corrected chi connectivity index (χ3v) is 3.68. The monoisotopic (exact) mass is 282 g/mol. The Balaban J connectivity index is 2.34. The molecule has 20 heavy (non-hydrogen) atoms.